The van der Waals surface area contributed by atoms with Gasteiger partial charge in [-0.3, -0.25) is 0 Å². The molecule has 0 bridgehead atoms. The molecule has 1 atom stereocenters. The average molecular weight is 209 g/mol. The molecular weight excluding hydrogens is 196 g/mol. The highest BCUT2D eigenvalue weighted by Gasteiger charge is 2.14. The zero-order valence-corrected chi connectivity index (χ0v) is 8.34. The third-order valence-corrected chi connectivity index (χ3v) is 2.62. The van der Waals surface area contributed by atoms with Gasteiger partial charge in [-0.25, -0.2) is 8.78 Å². The Morgan fingerprint density at radius 3 is 2.40 bits per heavy atom. The summed E-state index contributed by atoms with van der Waals surface area (Å²) >= 11 is 0. The van der Waals surface area contributed by atoms with Crippen molar-refractivity contribution in [2.24, 2.45) is 5.73 Å². The number of rotatable bonds is 1. The highest BCUT2D eigenvalue weighted by atomic mass is 19.1. The fourth-order valence-electron chi connectivity index (χ4n) is 1.94. The van der Waals surface area contributed by atoms with Gasteiger partial charge in [0, 0.05) is 12.1 Å². The molecular formula is C12H13F2N. The predicted octanol–water partition coefficient (Wildman–Crippen LogP) is 2.86. The molecule has 15 heavy (non-hydrogen) atoms. The van der Waals surface area contributed by atoms with Crippen LogP contribution in [0.1, 0.15) is 24.8 Å². The van der Waals surface area contributed by atoms with Gasteiger partial charge >= 0.3 is 0 Å². The standard InChI is InChI=1S/C12H13F2N/c13-10-4-9(5-11(14)7-10)3-8-1-2-12(15)6-8/h3-5,7,12H,1-2,6,15H2/b8-3-. The van der Waals surface area contributed by atoms with E-state index in [-0.39, 0.29) is 6.04 Å². The van der Waals surface area contributed by atoms with Gasteiger partial charge in [0.1, 0.15) is 11.6 Å². The minimum absolute atomic E-state index is 0.203. The van der Waals surface area contributed by atoms with E-state index < -0.39 is 11.6 Å². The van der Waals surface area contributed by atoms with Crippen molar-refractivity contribution in [2.75, 3.05) is 0 Å². The summed E-state index contributed by atoms with van der Waals surface area (Å²) in [5, 5.41) is 0. The zero-order chi connectivity index (χ0) is 10.8. The molecule has 0 radical (unpaired) electrons. The molecule has 1 aromatic rings. The van der Waals surface area contributed by atoms with E-state index in [1.807, 2.05) is 6.08 Å². The Morgan fingerprint density at radius 2 is 1.87 bits per heavy atom. The van der Waals surface area contributed by atoms with Gasteiger partial charge in [-0.05, 0) is 37.0 Å². The molecule has 0 aliphatic heterocycles. The first-order chi connectivity index (χ1) is 7.13. The molecule has 2 N–H and O–H groups in total. The third kappa shape index (κ3) is 2.63. The Bertz CT molecular complexity index is 378. The summed E-state index contributed by atoms with van der Waals surface area (Å²) in [4.78, 5) is 0. The highest BCUT2D eigenvalue weighted by molar-refractivity contribution is 5.53. The Morgan fingerprint density at radius 1 is 1.20 bits per heavy atom. The minimum atomic E-state index is -0.538. The van der Waals surface area contributed by atoms with Crippen molar-refractivity contribution in [3.63, 3.8) is 0 Å². The molecule has 0 aromatic heterocycles. The number of nitrogens with two attached hydrogens (primary N) is 1. The van der Waals surface area contributed by atoms with Crippen LogP contribution in [0.2, 0.25) is 0 Å². The topological polar surface area (TPSA) is 26.0 Å². The van der Waals surface area contributed by atoms with E-state index >= 15 is 0 Å². The maximum absolute atomic E-state index is 12.9. The highest BCUT2D eigenvalue weighted by Crippen LogP contribution is 2.25. The molecule has 1 saturated carbocycles. The number of halogens is 2. The average Bonchev–Trinajstić information content (AvgIpc) is 2.49. The van der Waals surface area contributed by atoms with Crippen molar-refractivity contribution in [2.45, 2.75) is 25.3 Å². The first-order valence-corrected chi connectivity index (χ1v) is 5.04. The molecule has 0 heterocycles. The van der Waals surface area contributed by atoms with Crippen LogP contribution in [-0.2, 0) is 0 Å². The van der Waals surface area contributed by atoms with Gasteiger partial charge in [0.2, 0.25) is 0 Å². The second-order valence-corrected chi connectivity index (χ2v) is 4.01. The van der Waals surface area contributed by atoms with Gasteiger partial charge in [0.15, 0.2) is 0 Å². The van der Waals surface area contributed by atoms with E-state index in [0.717, 1.165) is 25.3 Å². The molecule has 1 nitrogen and oxygen atoms in total. The maximum atomic E-state index is 12.9. The van der Waals surface area contributed by atoms with E-state index in [2.05, 4.69) is 0 Å². The van der Waals surface area contributed by atoms with E-state index in [9.17, 15) is 8.78 Å². The van der Waals surface area contributed by atoms with Gasteiger partial charge in [-0.2, -0.15) is 0 Å². The first kappa shape index (κ1) is 10.3. The Balaban J connectivity index is 2.23. The summed E-state index contributed by atoms with van der Waals surface area (Å²) in [6, 6.07) is 3.75. The van der Waals surface area contributed by atoms with Crippen LogP contribution in [0.25, 0.3) is 6.08 Å². The summed E-state index contributed by atoms with van der Waals surface area (Å²) in [6.07, 6.45) is 4.56. The van der Waals surface area contributed by atoms with Crippen LogP contribution >= 0.6 is 0 Å². The SMILES string of the molecule is NC1CC/C(=C/c2cc(F)cc(F)c2)C1. The van der Waals surface area contributed by atoms with Crippen LogP contribution in [0.3, 0.4) is 0 Å². The summed E-state index contributed by atoms with van der Waals surface area (Å²) in [7, 11) is 0. The van der Waals surface area contributed by atoms with Gasteiger partial charge in [-0.1, -0.05) is 11.6 Å². The summed E-state index contributed by atoms with van der Waals surface area (Å²) < 4.78 is 25.8. The molecule has 0 amide bonds. The van der Waals surface area contributed by atoms with E-state index in [4.69, 9.17) is 5.73 Å². The molecule has 1 unspecified atom stereocenters. The molecule has 1 aliphatic rings. The fraction of sp³-hybridized carbons (Fsp3) is 0.333. The fourth-order valence-corrected chi connectivity index (χ4v) is 1.94. The van der Waals surface area contributed by atoms with Crippen LogP contribution in [0.4, 0.5) is 8.78 Å². The quantitative estimate of drug-likeness (QED) is 0.756. The lowest BCUT2D eigenvalue weighted by Crippen LogP contribution is -2.13. The van der Waals surface area contributed by atoms with Gasteiger partial charge in [-0.15, -0.1) is 0 Å². The van der Waals surface area contributed by atoms with Crippen molar-refractivity contribution in [1.29, 1.82) is 0 Å². The van der Waals surface area contributed by atoms with E-state index in [1.54, 1.807) is 0 Å². The number of hydrogen-bond acceptors (Lipinski definition) is 1. The molecule has 1 aromatic carbocycles. The molecule has 2 rings (SSSR count). The first-order valence-electron chi connectivity index (χ1n) is 5.04. The zero-order valence-electron chi connectivity index (χ0n) is 8.34. The van der Waals surface area contributed by atoms with Crippen LogP contribution in [0, 0.1) is 11.6 Å². The van der Waals surface area contributed by atoms with Crippen molar-refractivity contribution in [3.05, 3.63) is 41.0 Å². The second kappa shape index (κ2) is 4.11. The van der Waals surface area contributed by atoms with Gasteiger partial charge < -0.3 is 5.73 Å². The van der Waals surface area contributed by atoms with Gasteiger partial charge in [0.25, 0.3) is 0 Å². The van der Waals surface area contributed by atoms with E-state index in [0.29, 0.717) is 5.56 Å². The lowest BCUT2D eigenvalue weighted by atomic mass is 10.1. The normalized spacial score (nSPS) is 23.7. The molecule has 3 heteroatoms. The molecule has 80 valence electrons. The van der Waals surface area contributed by atoms with E-state index in [1.165, 1.54) is 17.7 Å². The summed E-state index contributed by atoms with van der Waals surface area (Å²) in [5.74, 6) is -1.08. The molecule has 0 saturated heterocycles. The van der Waals surface area contributed by atoms with Crippen molar-refractivity contribution in [3.8, 4) is 0 Å². The third-order valence-electron chi connectivity index (χ3n) is 2.62. The van der Waals surface area contributed by atoms with Crippen LogP contribution in [0.5, 0.6) is 0 Å². The Hall–Kier alpha value is -1.22. The van der Waals surface area contributed by atoms with Crippen molar-refractivity contribution >= 4 is 6.08 Å². The lowest BCUT2D eigenvalue weighted by Gasteiger charge is -1.99. The maximum Gasteiger partial charge on any atom is 0.126 e. The van der Waals surface area contributed by atoms with Crippen molar-refractivity contribution in [1.82, 2.24) is 0 Å². The largest absolute Gasteiger partial charge is 0.327 e. The summed E-state index contributed by atoms with van der Waals surface area (Å²) in [6.45, 7) is 0. The number of benzene rings is 1. The predicted molar refractivity (Wildman–Crippen MR) is 56.2 cm³/mol. The summed E-state index contributed by atoms with van der Waals surface area (Å²) in [5.41, 5.74) is 7.50. The molecule has 1 aliphatic carbocycles. The minimum Gasteiger partial charge on any atom is -0.327 e. The van der Waals surface area contributed by atoms with Crippen LogP contribution < -0.4 is 5.73 Å². The van der Waals surface area contributed by atoms with Crippen molar-refractivity contribution < 1.29 is 8.78 Å². The Kier molecular flexibility index (Phi) is 2.82. The van der Waals surface area contributed by atoms with Crippen LogP contribution in [-0.4, -0.2) is 6.04 Å². The smallest absolute Gasteiger partial charge is 0.126 e. The van der Waals surface area contributed by atoms with Gasteiger partial charge in [0.05, 0.1) is 0 Å². The number of hydrogen-bond donors (Lipinski definition) is 1. The molecule has 0 spiro atoms. The van der Waals surface area contributed by atoms with Crippen LogP contribution in [0.15, 0.2) is 23.8 Å². The molecule has 1 fully saturated rings. The Labute approximate surface area is 87.6 Å². The lowest BCUT2D eigenvalue weighted by molar-refractivity contribution is 0.583. The second-order valence-electron chi connectivity index (χ2n) is 4.01. The monoisotopic (exact) mass is 209 g/mol.